The number of halogens is 3. The van der Waals surface area contributed by atoms with Gasteiger partial charge in [-0.2, -0.15) is 17.5 Å². The molecule has 2 atom stereocenters. The number of hydrogen-bond acceptors (Lipinski definition) is 5. The predicted octanol–water partition coefficient (Wildman–Crippen LogP) is 1.27. The number of rotatable bonds is 3. The van der Waals surface area contributed by atoms with E-state index < -0.39 is 40.6 Å². The fourth-order valence-electron chi connectivity index (χ4n) is 3.00. The summed E-state index contributed by atoms with van der Waals surface area (Å²) in [4.78, 5) is 11.1. The lowest BCUT2D eigenvalue weighted by Crippen LogP contribution is -2.47. The number of aliphatic carboxylic acids is 1. The largest absolute Gasteiger partial charge is 0.481 e. The second-order valence-corrected chi connectivity index (χ2v) is 7.95. The molecule has 1 aromatic carbocycles. The normalized spacial score (nSPS) is 24.6. The summed E-state index contributed by atoms with van der Waals surface area (Å²) in [7, 11) is -3.85. The van der Waals surface area contributed by atoms with Crippen LogP contribution in [0.2, 0.25) is 0 Å². The van der Waals surface area contributed by atoms with E-state index in [-0.39, 0.29) is 42.5 Å². The Morgan fingerprint density at radius 1 is 1.23 bits per heavy atom. The molecule has 1 aromatic rings. The highest BCUT2D eigenvalue weighted by molar-refractivity contribution is 7.89. The van der Waals surface area contributed by atoms with Gasteiger partial charge in [-0.05, 0) is 30.2 Å². The molecule has 3 rings (SSSR count). The molecule has 0 radical (unpaired) electrons. The molecule has 2 unspecified atom stereocenters. The van der Waals surface area contributed by atoms with Gasteiger partial charge >= 0.3 is 12.1 Å². The molecule has 11 heteroatoms. The summed E-state index contributed by atoms with van der Waals surface area (Å²) in [5.41, 5.74) is 0.118. The monoisotopic (exact) mass is 395 g/mol. The molecule has 144 valence electrons. The van der Waals surface area contributed by atoms with Crippen molar-refractivity contribution >= 4 is 16.0 Å². The van der Waals surface area contributed by atoms with E-state index in [1.165, 1.54) is 10.4 Å². The summed E-state index contributed by atoms with van der Waals surface area (Å²) < 4.78 is 75.6. The first-order valence-electron chi connectivity index (χ1n) is 7.77. The minimum Gasteiger partial charge on any atom is -0.481 e. The van der Waals surface area contributed by atoms with Crippen molar-refractivity contribution in [1.29, 1.82) is 0 Å². The third-order valence-corrected chi connectivity index (χ3v) is 6.23. The Kier molecular flexibility index (Phi) is 4.88. The van der Waals surface area contributed by atoms with Crippen molar-refractivity contribution in [2.45, 2.75) is 23.6 Å². The van der Waals surface area contributed by atoms with Crippen molar-refractivity contribution < 1.29 is 41.0 Å². The third-order valence-electron chi connectivity index (χ3n) is 4.34. The zero-order valence-corrected chi connectivity index (χ0v) is 14.2. The van der Waals surface area contributed by atoms with Crippen LogP contribution in [0.15, 0.2) is 23.1 Å². The molecule has 0 bridgehead atoms. The zero-order chi connectivity index (χ0) is 19.1. The molecule has 1 saturated heterocycles. The highest BCUT2D eigenvalue weighted by Gasteiger charge is 2.52. The minimum absolute atomic E-state index is 0.114. The molecule has 1 fully saturated rings. The lowest BCUT2D eigenvalue weighted by Gasteiger charge is -2.33. The van der Waals surface area contributed by atoms with Crippen LogP contribution in [0.5, 0.6) is 5.75 Å². The Morgan fingerprint density at radius 2 is 1.88 bits per heavy atom. The molecule has 0 aliphatic carbocycles. The highest BCUT2D eigenvalue weighted by atomic mass is 32.2. The van der Waals surface area contributed by atoms with E-state index in [1.807, 2.05) is 0 Å². The molecule has 0 amide bonds. The Bertz CT molecular complexity index is 804. The molecule has 7 nitrogen and oxygen atoms in total. The standard InChI is InChI=1S/C15H16F3NO6S/c16-15(17,18)13-11(14(20)21)8-9-7-10(1-2-12(9)25-13)26(22,23)19-3-5-24-6-4-19/h1-2,7,11,13H,3-6,8H2,(H,20,21). The maximum absolute atomic E-state index is 13.1. The van der Waals surface area contributed by atoms with Gasteiger partial charge in [-0.15, -0.1) is 0 Å². The van der Waals surface area contributed by atoms with E-state index in [4.69, 9.17) is 14.6 Å². The smallest absolute Gasteiger partial charge is 0.426 e. The van der Waals surface area contributed by atoms with Gasteiger partial charge in [-0.1, -0.05) is 0 Å². The Balaban J connectivity index is 1.94. The van der Waals surface area contributed by atoms with Crippen LogP contribution in [0, 0.1) is 5.92 Å². The van der Waals surface area contributed by atoms with Gasteiger partial charge in [0.25, 0.3) is 0 Å². The first-order chi connectivity index (χ1) is 12.1. The van der Waals surface area contributed by atoms with Crippen LogP contribution in [0.1, 0.15) is 5.56 Å². The fraction of sp³-hybridized carbons (Fsp3) is 0.533. The summed E-state index contributed by atoms with van der Waals surface area (Å²) in [6.45, 7) is 0.844. The number of benzene rings is 1. The molecule has 0 saturated carbocycles. The number of fused-ring (bicyclic) bond motifs is 1. The second-order valence-electron chi connectivity index (χ2n) is 6.01. The number of hydrogen-bond donors (Lipinski definition) is 1. The molecular formula is C15H16F3NO6S. The van der Waals surface area contributed by atoms with Crippen LogP contribution in [0.25, 0.3) is 0 Å². The van der Waals surface area contributed by atoms with Crippen LogP contribution >= 0.6 is 0 Å². The molecule has 2 aliphatic heterocycles. The van der Waals surface area contributed by atoms with Crippen molar-refractivity contribution in [3.63, 3.8) is 0 Å². The van der Waals surface area contributed by atoms with Gasteiger partial charge in [0.1, 0.15) is 11.7 Å². The van der Waals surface area contributed by atoms with Gasteiger partial charge < -0.3 is 14.6 Å². The topological polar surface area (TPSA) is 93.1 Å². The number of nitrogens with zero attached hydrogens (tertiary/aromatic N) is 1. The van der Waals surface area contributed by atoms with Crippen molar-refractivity contribution in [3.8, 4) is 5.75 Å². The molecule has 2 heterocycles. The van der Waals surface area contributed by atoms with Gasteiger partial charge in [0.15, 0.2) is 0 Å². The minimum atomic E-state index is -4.85. The van der Waals surface area contributed by atoms with Gasteiger partial charge in [0.05, 0.1) is 18.1 Å². The molecule has 0 aromatic heterocycles. The van der Waals surface area contributed by atoms with E-state index in [2.05, 4.69) is 0 Å². The molecule has 1 N–H and O–H groups in total. The average Bonchev–Trinajstić information content (AvgIpc) is 2.60. The maximum Gasteiger partial charge on any atom is 0.426 e. The summed E-state index contributed by atoms with van der Waals surface area (Å²) in [5.74, 6) is -3.66. The third kappa shape index (κ3) is 3.51. The number of morpholine rings is 1. The Morgan fingerprint density at radius 3 is 2.46 bits per heavy atom. The number of alkyl halides is 3. The van der Waals surface area contributed by atoms with Crippen molar-refractivity contribution in [3.05, 3.63) is 23.8 Å². The van der Waals surface area contributed by atoms with Crippen molar-refractivity contribution in [2.75, 3.05) is 26.3 Å². The van der Waals surface area contributed by atoms with E-state index in [9.17, 15) is 26.4 Å². The first-order valence-corrected chi connectivity index (χ1v) is 9.21. The molecular weight excluding hydrogens is 379 g/mol. The summed E-state index contributed by atoms with van der Waals surface area (Å²) >= 11 is 0. The first kappa shape index (κ1) is 18.9. The summed E-state index contributed by atoms with van der Waals surface area (Å²) in [6, 6.07) is 3.49. The van der Waals surface area contributed by atoms with Crippen LogP contribution in [0.3, 0.4) is 0 Å². The molecule has 0 spiro atoms. The number of ether oxygens (including phenoxy) is 2. The second kappa shape index (κ2) is 6.71. The van der Waals surface area contributed by atoms with E-state index in [0.29, 0.717) is 0 Å². The van der Waals surface area contributed by atoms with Crippen LogP contribution in [0.4, 0.5) is 13.2 Å². The molecule has 2 aliphatic rings. The van der Waals surface area contributed by atoms with Gasteiger partial charge in [-0.25, -0.2) is 8.42 Å². The lowest BCUT2D eigenvalue weighted by molar-refractivity contribution is -0.217. The van der Waals surface area contributed by atoms with E-state index in [1.54, 1.807) is 0 Å². The fourth-order valence-corrected chi connectivity index (χ4v) is 4.46. The van der Waals surface area contributed by atoms with Crippen LogP contribution in [-0.4, -0.2) is 62.4 Å². The summed E-state index contributed by atoms with van der Waals surface area (Å²) in [5, 5.41) is 9.11. The summed E-state index contributed by atoms with van der Waals surface area (Å²) in [6.07, 6.45) is -7.80. The number of carboxylic acid groups (broad SMARTS) is 1. The van der Waals surface area contributed by atoms with Gasteiger partial charge in [0, 0.05) is 13.1 Å². The van der Waals surface area contributed by atoms with E-state index in [0.717, 1.165) is 12.1 Å². The van der Waals surface area contributed by atoms with E-state index >= 15 is 0 Å². The maximum atomic E-state index is 13.1. The molecule has 26 heavy (non-hydrogen) atoms. The SMILES string of the molecule is O=C(O)C1Cc2cc(S(=O)(=O)N3CCOCC3)ccc2OC1C(F)(F)F. The number of carboxylic acids is 1. The van der Waals surface area contributed by atoms with Gasteiger partial charge in [0.2, 0.25) is 16.1 Å². The Labute approximate surface area is 147 Å². The average molecular weight is 395 g/mol. The van der Waals surface area contributed by atoms with Crippen LogP contribution in [-0.2, 0) is 26.0 Å². The highest BCUT2D eigenvalue weighted by Crippen LogP contribution is 2.39. The van der Waals surface area contributed by atoms with Gasteiger partial charge in [-0.3, -0.25) is 4.79 Å². The number of sulfonamides is 1. The van der Waals surface area contributed by atoms with Crippen molar-refractivity contribution in [1.82, 2.24) is 4.31 Å². The number of carbonyl (C=O) groups is 1. The zero-order valence-electron chi connectivity index (χ0n) is 13.4. The lowest BCUT2D eigenvalue weighted by atomic mass is 9.90. The predicted molar refractivity (Wildman–Crippen MR) is 81.3 cm³/mol. The van der Waals surface area contributed by atoms with Crippen molar-refractivity contribution in [2.24, 2.45) is 5.92 Å². The Hall–Kier alpha value is -1.85. The van der Waals surface area contributed by atoms with Crippen LogP contribution < -0.4 is 4.74 Å². The quantitative estimate of drug-likeness (QED) is 0.829.